The van der Waals surface area contributed by atoms with E-state index in [4.69, 9.17) is 4.52 Å². The van der Waals surface area contributed by atoms with Crippen LogP contribution in [0.4, 0.5) is 0 Å². The molecule has 0 saturated carbocycles. The largest absolute Gasteiger partial charge is 0.390 e. The van der Waals surface area contributed by atoms with E-state index >= 15 is 0 Å². The topological polar surface area (TPSA) is 84.4 Å². The number of rotatable bonds is 4. The lowest BCUT2D eigenvalue weighted by atomic mass is 10.0. The number of aromatic nitrogens is 3. The monoisotopic (exact) mass is 340 g/mol. The normalized spacial score (nSPS) is 14.1. The number of carbonyl (C=O) groups excluding carboxylic acids is 1. The minimum Gasteiger partial charge on any atom is -0.390 e. The van der Waals surface area contributed by atoms with Crippen LogP contribution in [0.25, 0.3) is 11.0 Å². The Labute approximate surface area is 144 Å². The molecule has 1 aliphatic heterocycles. The lowest BCUT2D eigenvalue weighted by Gasteiger charge is -2.27. The molecule has 3 heterocycles. The molecule has 7 heteroatoms. The van der Waals surface area contributed by atoms with Gasteiger partial charge in [-0.3, -0.25) is 9.48 Å². The average molecular weight is 340 g/mol. The van der Waals surface area contributed by atoms with Crippen molar-refractivity contribution in [2.75, 3.05) is 6.54 Å². The van der Waals surface area contributed by atoms with E-state index in [0.717, 1.165) is 29.6 Å². The van der Waals surface area contributed by atoms with Crippen molar-refractivity contribution in [3.05, 3.63) is 46.9 Å². The fourth-order valence-corrected chi connectivity index (χ4v) is 3.48. The molecule has 1 N–H and O–H groups in total. The molecule has 3 aromatic rings. The van der Waals surface area contributed by atoms with Gasteiger partial charge in [-0.25, -0.2) is 0 Å². The Kier molecular flexibility index (Phi) is 4.01. The van der Waals surface area contributed by atoms with Gasteiger partial charge in [0, 0.05) is 42.7 Å². The van der Waals surface area contributed by atoms with Crippen LogP contribution in [0.3, 0.4) is 0 Å². The summed E-state index contributed by atoms with van der Waals surface area (Å²) < 4.78 is 7.21. The van der Waals surface area contributed by atoms with Crippen molar-refractivity contribution in [1.82, 2.24) is 19.8 Å². The number of aryl methyl sites for hydroxylation is 1. The smallest absolute Gasteiger partial charge is 0.229 e. The molecule has 25 heavy (non-hydrogen) atoms. The van der Waals surface area contributed by atoms with E-state index in [0.29, 0.717) is 30.1 Å². The van der Waals surface area contributed by atoms with Gasteiger partial charge in [-0.15, -0.1) is 0 Å². The first-order chi connectivity index (χ1) is 12.2. The number of hydrogen-bond donors (Lipinski definition) is 1. The molecule has 0 atom stereocenters. The van der Waals surface area contributed by atoms with Crippen LogP contribution in [-0.4, -0.2) is 37.4 Å². The number of hydrogen-bond acceptors (Lipinski definition) is 5. The van der Waals surface area contributed by atoms with Crippen LogP contribution in [0.2, 0.25) is 0 Å². The zero-order chi connectivity index (χ0) is 17.4. The maximum absolute atomic E-state index is 12.7. The summed E-state index contributed by atoms with van der Waals surface area (Å²) in [5.74, 6) is 0.0119. The molecule has 130 valence electrons. The number of nitrogens with zero attached hydrogens (tertiary/aromatic N) is 4. The molecule has 0 spiro atoms. The van der Waals surface area contributed by atoms with Crippen molar-refractivity contribution in [1.29, 1.82) is 0 Å². The summed E-state index contributed by atoms with van der Waals surface area (Å²) in [4.78, 5) is 14.6. The fourth-order valence-electron chi connectivity index (χ4n) is 3.48. The molecule has 0 saturated heterocycles. The number of amides is 1. The predicted octanol–water partition coefficient (Wildman–Crippen LogP) is 1.66. The van der Waals surface area contributed by atoms with Gasteiger partial charge in [0.1, 0.15) is 5.69 Å². The Balaban J connectivity index is 1.55. The van der Waals surface area contributed by atoms with Crippen LogP contribution in [0.5, 0.6) is 0 Å². The number of aliphatic hydroxyl groups is 1. The molecule has 0 aliphatic carbocycles. The third-order valence-corrected chi connectivity index (χ3v) is 4.79. The second-order valence-corrected chi connectivity index (χ2v) is 6.21. The third kappa shape index (κ3) is 2.70. The van der Waals surface area contributed by atoms with Crippen LogP contribution in [0, 0.1) is 0 Å². The molecular weight excluding hydrogens is 320 g/mol. The van der Waals surface area contributed by atoms with E-state index in [-0.39, 0.29) is 18.9 Å². The summed E-state index contributed by atoms with van der Waals surface area (Å²) in [5, 5.41) is 18.9. The number of para-hydroxylation sites is 1. The van der Waals surface area contributed by atoms with Crippen LogP contribution < -0.4 is 0 Å². The minimum atomic E-state index is -0.106. The molecule has 1 aromatic carbocycles. The highest BCUT2D eigenvalue weighted by atomic mass is 16.5. The fraction of sp³-hybridized carbons (Fsp3) is 0.389. The Bertz CT molecular complexity index is 928. The molecule has 0 unspecified atom stereocenters. The second kappa shape index (κ2) is 6.33. The van der Waals surface area contributed by atoms with E-state index in [2.05, 4.69) is 10.3 Å². The van der Waals surface area contributed by atoms with Gasteiger partial charge >= 0.3 is 0 Å². The van der Waals surface area contributed by atoms with Gasteiger partial charge in [0.2, 0.25) is 5.91 Å². The zero-order valence-electron chi connectivity index (χ0n) is 14.1. The van der Waals surface area contributed by atoms with Gasteiger partial charge in [0.05, 0.1) is 18.7 Å². The third-order valence-electron chi connectivity index (χ3n) is 4.79. The van der Waals surface area contributed by atoms with Gasteiger partial charge in [-0.05, 0) is 19.1 Å². The summed E-state index contributed by atoms with van der Waals surface area (Å²) in [6.07, 6.45) is 0.962. The van der Waals surface area contributed by atoms with Crippen molar-refractivity contribution in [3.8, 4) is 0 Å². The van der Waals surface area contributed by atoms with Crippen LogP contribution in [0.15, 0.2) is 28.8 Å². The summed E-state index contributed by atoms with van der Waals surface area (Å²) in [6.45, 7) is 3.83. The molecule has 1 aliphatic rings. The SMILES string of the molecule is CCn1nc(CO)c2c1CCN(C(=O)Cc1noc3ccccc13)C2. The molecular formula is C18H20N4O3. The maximum atomic E-state index is 12.7. The lowest BCUT2D eigenvalue weighted by molar-refractivity contribution is -0.131. The lowest BCUT2D eigenvalue weighted by Crippen LogP contribution is -2.37. The number of carbonyl (C=O) groups is 1. The first kappa shape index (κ1) is 15.8. The molecule has 0 bridgehead atoms. The molecule has 1 amide bonds. The summed E-state index contributed by atoms with van der Waals surface area (Å²) in [6, 6.07) is 7.55. The molecule has 4 rings (SSSR count). The average Bonchev–Trinajstić information content (AvgIpc) is 3.22. The van der Waals surface area contributed by atoms with Gasteiger partial charge in [0.25, 0.3) is 0 Å². The van der Waals surface area contributed by atoms with Crippen molar-refractivity contribution in [2.24, 2.45) is 0 Å². The maximum Gasteiger partial charge on any atom is 0.229 e. The van der Waals surface area contributed by atoms with Crippen LogP contribution in [-0.2, 0) is 37.3 Å². The molecule has 2 aromatic heterocycles. The predicted molar refractivity (Wildman–Crippen MR) is 90.7 cm³/mol. The second-order valence-electron chi connectivity index (χ2n) is 6.21. The Morgan fingerprint density at radius 2 is 2.16 bits per heavy atom. The summed E-state index contributed by atoms with van der Waals surface area (Å²) in [5.41, 5.74) is 4.13. The highest BCUT2D eigenvalue weighted by Crippen LogP contribution is 2.24. The molecule has 0 fully saturated rings. The minimum absolute atomic E-state index is 0.0119. The van der Waals surface area contributed by atoms with Crippen molar-refractivity contribution in [2.45, 2.75) is 39.5 Å². The van der Waals surface area contributed by atoms with Gasteiger partial charge in [-0.1, -0.05) is 17.3 Å². The van der Waals surface area contributed by atoms with E-state index < -0.39 is 0 Å². The van der Waals surface area contributed by atoms with Crippen LogP contribution >= 0.6 is 0 Å². The first-order valence-corrected chi connectivity index (χ1v) is 8.50. The van der Waals surface area contributed by atoms with Crippen molar-refractivity contribution in [3.63, 3.8) is 0 Å². The standard InChI is InChI=1S/C18H20N4O3/c1-2-22-16-7-8-21(10-13(16)15(11-23)19-22)18(24)9-14-12-5-3-4-6-17(12)25-20-14/h3-6,23H,2,7-11H2,1H3. The highest BCUT2D eigenvalue weighted by molar-refractivity contribution is 5.86. The zero-order valence-corrected chi connectivity index (χ0v) is 14.1. The molecule has 7 nitrogen and oxygen atoms in total. The quantitative estimate of drug-likeness (QED) is 0.781. The summed E-state index contributed by atoms with van der Waals surface area (Å²) >= 11 is 0. The van der Waals surface area contributed by atoms with Crippen molar-refractivity contribution < 1.29 is 14.4 Å². The van der Waals surface area contributed by atoms with Gasteiger partial charge in [-0.2, -0.15) is 5.10 Å². The summed E-state index contributed by atoms with van der Waals surface area (Å²) in [7, 11) is 0. The van der Waals surface area contributed by atoms with E-state index in [1.807, 2.05) is 40.8 Å². The van der Waals surface area contributed by atoms with Gasteiger partial charge in [0.15, 0.2) is 5.58 Å². The highest BCUT2D eigenvalue weighted by Gasteiger charge is 2.27. The van der Waals surface area contributed by atoms with Crippen molar-refractivity contribution >= 4 is 16.9 Å². The Hall–Kier alpha value is -2.67. The van der Waals surface area contributed by atoms with E-state index in [1.165, 1.54) is 0 Å². The van der Waals surface area contributed by atoms with E-state index in [9.17, 15) is 9.90 Å². The number of fused-ring (bicyclic) bond motifs is 2. The van der Waals surface area contributed by atoms with Gasteiger partial charge < -0.3 is 14.5 Å². The van der Waals surface area contributed by atoms with E-state index in [1.54, 1.807) is 0 Å². The molecule has 0 radical (unpaired) electrons. The Morgan fingerprint density at radius 1 is 1.32 bits per heavy atom. The first-order valence-electron chi connectivity index (χ1n) is 8.50. The number of benzene rings is 1. The van der Waals surface area contributed by atoms with Crippen LogP contribution in [0.1, 0.15) is 29.6 Å². The Morgan fingerprint density at radius 3 is 2.96 bits per heavy atom. The number of aliphatic hydroxyl groups excluding tert-OH is 1.